The van der Waals surface area contributed by atoms with Gasteiger partial charge in [0.15, 0.2) is 6.61 Å². The first-order valence-electron chi connectivity index (χ1n) is 9.66. The normalized spacial score (nSPS) is 11.7. The first-order valence-corrected chi connectivity index (χ1v) is 11.1. The van der Waals surface area contributed by atoms with E-state index in [0.717, 1.165) is 5.56 Å². The Hall–Kier alpha value is -2.71. The van der Waals surface area contributed by atoms with Gasteiger partial charge in [0, 0.05) is 18.6 Å². The van der Waals surface area contributed by atoms with E-state index in [1.54, 1.807) is 11.8 Å². The number of carbonyl (C=O) groups excluding carboxylic acids is 2. The maximum atomic E-state index is 12.8. The summed E-state index contributed by atoms with van der Waals surface area (Å²) in [6.07, 6.45) is 0. The van der Waals surface area contributed by atoms with Crippen molar-refractivity contribution < 1.29 is 22.7 Å². The number of amides is 1. The van der Waals surface area contributed by atoms with Crippen molar-refractivity contribution in [1.29, 1.82) is 0 Å². The highest BCUT2D eigenvalue weighted by molar-refractivity contribution is 7.89. The molecule has 0 aliphatic rings. The van der Waals surface area contributed by atoms with Gasteiger partial charge in [-0.1, -0.05) is 43.3 Å². The number of nitrogens with one attached hydrogen (secondary N) is 1. The minimum atomic E-state index is -3.70. The maximum absolute atomic E-state index is 12.8. The molecule has 0 unspecified atom stereocenters. The van der Waals surface area contributed by atoms with Crippen LogP contribution in [0.2, 0.25) is 0 Å². The summed E-state index contributed by atoms with van der Waals surface area (Å²) in [5.74, 6) is -1.10. The molecule has 0 aromatic heterocycles. The highest BCUT2D eigenvalue weighted by Crippen LogP contribution is 2.18. The first-order chi connectivity index (χ1) is 14.0. The lowest BCUT2D eigenvalue weighted by Gasteiger charge is -2.35. The Morgan fingerprint density at radius 1 is 1.03 bits per heavy atom. The molecule has 8 heteroatoms. The monoisotopic (exact) mass is 432 g/mol. The SMILES string of the molecule is CCNS(=O)(=O)c1cccc(C(=O)OCC(=O)N(Cc2ccccc2)C(C)(C)C)c1. The molecule has 0 spiro atoms. The van der Waals surface area contributed by atoms with E-state index in [4.69, 9.17) is 4.74 Å². The zero-order chi connectivity index (χ0) is 22.4. The summed E-state index contributed by atoms with van der Waals surface area (Å²) in [6, 6.07) is 15.1. The van der Waals surface area contributed by atoms with Crippen LogP contribution in [-0.4, -0.2) is 43.9 Å². The van der Waals surface area contributed by atoms with Gasteiger partial charge < -0.3 is 9.64 Å². The third kappa shape index (κ3) is 6.40. The van der Waals surface area contributed by atoms with Gasteiger partial charge in [-0.25, -0.2) is 17.9 Å². The number of benzene rings is 2. The van der Waals surface area contributed by atoms with Gasteiger partial charge in [0.25, 0.3) is 5.91 Å². The van der Waals surface area contributed by atoms with Crippen LogP contribution in [0.3, 0.4) is 0 Å². The fourth-order valence-electron chi connectivity index (χ4n) is 2.82. The van der Waals surface area contributed by atoms with Gasteiger partial charge in [0.05, 0.1) is 10.5 Å². The predicted octanol–water partition coefficient (Wildman–Crippen LogP) is 2.97. The highest BCUT2D eigenvalue weighted by Gasteiger charge is 2.27. The van der Waals surface area contributed by atoms with Crippen LogP contribution in [0, 0.1) is 0 Å². The average molecular weight is 433 g/mol. The van der Waals surface area contributed by atoms with Crippen LogP contribution in [0.15, 0.2) is 59.5 Å². The zero-order valence-corrected chi connectivity index (χ0v) is 18.5. The molecule has 0 atom stereocenters. The van der Waals surface area contributed by atoms with E-state index in [9.17, 15) is 18.0 Å². The van der Waals surface area contributed by atoms with Gasteiger partial charge in [-0.2, -0.15) is 0 Å². The number of rotatable bonds is 8. The number of sulfonamides is 1. The van der Waals surface area contributed by atoms with Gasteiger partial charge in [0.2, 0.25) is 10.0 Å². The third-order valence-electron chi connectivity index (χ3n) is 4.34. The number of hydrogen-bond acceptors (Lipinski definition) is 5. The van der Waals surface area contributed by atoms with E-state index in [1.165, 1.54) is 24.3 Å². The average Bonchev–Trinajstić information content (AvgIpc) is 2.70. The molecule has 7 nitrogen and oxygen atoms in total. The highest BCUT2D eigenvalue weighted by atomic mass is 32.2. The molecule has 162 valence electrons. The Morgan fingerprint density at radius 3 is 2.30 bits per heavy atom. The zero-order valence-electron chi connectivity index (χ0n) is 17.7. The summed E-state index contributed by atoms with van der Waals surface area (Å²) in [6.45, 7) is 7.57. The van der Waals surface area contributed by atoms with Crippen LogP contribution in [0.4, 0.5) is 0 Å². The molecule has 1 N–H and O–H groups in total. The predicted molar refractivity (Wildman–Crippen MR) is 114 cm³/mol. The summed E-state index contributed by atoms with van der Waals surface area (Å²) in [5.41, 5.74) is 0.555. The Labute approximate surface area is 178 Å². The van der Waals surface area contributed by atoms with Gasteiger partial charge >= 0.3 is 5.97 Å². The van der Waals surface area contributed by atoms with E-state index in [2.05, 4.69) is 4.72 Å². The number of ether oxygens (including phenoxy) is 1. The van der Waals surface area contributed by atoms with Gasteiger partial charge in [-0.15, -0.1) is 0 Å². The van der Waals surface area contributed by atoms with Crippen LogP contribution < -0.4 is 4.72 Å². The molecule has 0 fully saturated rings. The Balaban J connectivity index is 2.09. The van der Waals surface area contributed by atoms with Crippen molar-refractivity contribution in [2.45, 2.75) is 44.7 Å². The summed E-state index contributed by atoms with van der Waals surface area (Å²) < 4.78 is 31.8. The molecular weight excluding hydrogens is 404 g/mol. The Kier molecular flexibility index (Phi) is 7.75. The number of esters is 1. The lowest BCUT2D eigenvalue weighted by atomic mass is 10.0. The smallest absolute Gasteiger partial charge is 0.338 e. The third-order valence-corrected chi connectivity index (χ3v) is 5.88. The van der Waals surface area contributed by atoms with E-state index < -0.39 is 28.1 Å². The molecule has 0 bridgehead atoms. The molecule has 0 saturated carbocycles. The van der Waals surface area contributed by atoms with Crippen LogP contribution in [0.25, 0.3) is 0 Å². The fraction of sp³-hybridized carbons (Fsp3) is 0.364. The molecule has 0 radical (unpaired) electrons. The van der Waals surface area contributed by atoms with Crippen molar-refractivity contribution >= 4 is 21.9 Å². The summed E-state index contributed by atoms with van der Waals surface area (Å²) in [7, 11) is -3.70. The van der Waals surface area contributed by atoms with Crippen molar-refractivity contribution in [3.63, 3.8) is 0 Å². The van der Waals surface area contributed by atoms with Crippen molar-refractivity contribution in [1.82, 2.24) is 9.62 Å². The van der Waals surface area contributed by atoms with Crippen LogP contribution in [-0.2, 0) is 26.1 Å². The lowest BCUT2D eigenvalue weighted by molar-refractivity contribution is -0.140. The quantitative estimate of drug-likeness (QED) is 0.648. The van der Waals surface area contributed by atoms with Crippen LogP contribution in [0.5, 0.6) is 0 Å². The van der Waals surface area contributed by atoms with E-state index >= 15 is 0 Å². The minimum Gasteiger partial charge on any atom is -0.452 e. The second-order valence-electron chi connectivity index (χ2n) is 7.74. The molecule has 2 rings (SSSR count). The van der Waals surface area contributed by atoms with E-state index in [1.807, 2.05) is 51.1 Å². The lowest BCUT2D eigenvalue weighted by Crippen LogP contribution is -2.46. The van der Waals surface area contributed by atoms with Gasteiger partial charge in [0.1, 0.15) is 0 Å². The topological polar surface area (TPSA) is 92.8 Å². The van der Waals surface area contributed by atoms with Crippen molar-refractivity contribution in [3.05, 3.63) is 65.7 Å². The van der Waals surface area contributed by atoms with Crippen molar-refractivity contribution in [2.24, 2.45) is 0 Å². The van der Waals surface area contributed by atoms with E-state index in [-0.39, 0.29) is 22.9 Å². The first kappa shape index (κ1) is 23.6. The second-order valence-corrected chi connectivity index (χ2v) is 9.51. The number of hydrogen-bond donors (Lipinski definition) is 1. The summed E-state index contributed by atoms with van der Waals surface area (Å²) in [5, 5.41) is 0. The summed E-state index contributed by atoms with van der Waals surface area (Å²) in [4.78, 5) is 26.8. The fourth-order valence-corrected chi connectivity index (χ4v) is 3.90. The number of nitrogens with zero attached hydrogens (tertiary/aromatic N) is 1. The molecule has 2 aromatic carbocycles. The molecule has 1 amide bonds. The Morgan fingerprint density at radius 2 is 1.70 bits per heavy atom. The standard InChI is InChI=1S/C22H28N2O5S/c1-5-23-30(27,28)19-13-9-12-18(14-19)21(26)29-16-20(25)24(22(2,3)4)15-17-10-7-6-8-11-17/h6-14,23H,5,15-16H2,1-4H3. The van der Waals surface area contributed by atoms with Crippen LogP contribution in [0.1, 0.15) is 43.6 Å². The molecule has 0 aliphatic carbocycles. The largest absolute Gasteiger partial charge is 0.452 e. The van der Waals surface area contributed by atoms with Gasteiger partial charge in [-0.3, -0.25) is 4.79 Å². The molecular formula is C22H28N2O5S. The molecule has 0 heterocycles. The molecule has 30 heavy (non-hydrogen) atoms. The van der Waals surface area contributed by atoms with Gasteiger partial charge in [-0.05, 0) is 44.5 Å². The molecule has 0 saturated heterocycles. The Bertz CT molecular complexity index is 982. The maximum Gasteiger partial charge on any atom is 0.338 e. The van der Waals surface area contributed by atoms with Crippen molar-refractivity contribution in [2.75, 3.05) is 13.2 Å². The molecule has 2 aromatic rings. The number of carbonyl (C=O) groups is 2. The summed E-state index contributed by atoms with van der Waals surface area (Å²) >= 11 is 0. The minimum absolute atomic E-state index is 0.0366. The molecule has 0 aliphatic heterocycles. The van der Waals surface area contributed by atoms with Crippen LogP contribution >= 0.6 is 0 Å². The second kappa shape index (κ2) is 9.86. The van der Waals surface area contributed by atoms with E-state index in [0.29, 0.717) is 6.54 Å². The van der Waals surface area contributed by atoms with Crippen molar-refractivity contribution in [3.8, 4) is 0 Å².